The molecule has 0 spiro atoms. The molecule has 1 saturated heterocycles. The number of benzene rings is 3. The number of Topliss-reactive ketones (excluding diaryl/α,β-unsaturated/α-hetero) is 1. The fourth-order valence-corrected chi connectivity index (χ4v) is 3.85. The van der Waals surface area contributed by atoms with Gasteiger partial charge in [0.2, 0.25) is 5.91 Å². The number of imide groups is 1. The zero-order valence-corrected chi connectivity index (χ0v) is 20.0. The van der Waals surface area contributed by atoms with Gasteiger partial charge in [-0.1, -0.05) is 40.2 Å². The van der Waals surface area contributed by atoms with Crippen LogP contribution in [0.15, 0.2) is 77.3 Å². The van der Waals surface area contributed by atoms with E-state index < -0.39 is 24.5 Å². The molecular formula is C26H20BrFN2O5. The largest absolute Gasteiger partial charge is 0.454 e. The number of ether oxygens (including phenoxy) is 1. The third-order valence-corrected chi connectivity index (χ3v) is 6.00. The van der Waals surface area contributed by atoms with Crippen LogP contribution in [-0.2, 0) is 20.9 Å². The first-order valence-corrected chi connectivity index (χ1v) is 11.5. The lowest BCUT2D eigenvalue weighted by molar-refractivity contribution is -0.121. The zero-order chi connectivity index (χ0) is 24.9. The quantitative estimate of drug-likeness (QED) is 0.264. The Balaban J connectivity index is 1.34. The summed E-state index contributed by atoms with van der Waals surface area (Å²) in [4.78, 5) is 50.9. The van der Waals surface area contributed by atoms with Crippen molar-refractivity contribution in [2.45, 2.75) is 19.0 Å². The highest BCUT2D eigenvalue weighted by atomic mass is 79.9. The number of halogens is 2. The van der Waals surface area contributed by atoms with E-state index in [1.165, 1.54) is 36.4 Å². The fraction of sp³-hybridized carbons (Fsp3) is 0.154. The van der Waals surface area contributed by atoms with E-state index in [0.29, 0.717) is 17.8 Å². The monoisotopic (exact) mass is 538 g/mol. The third kappa shape index (κ3) is 5.87. The molecule has 0 aromatic heterocycles. The molecule has 9 heteroatoms. The van der Waals surface area contributed by atoms with Gasteiger partial charge in [-0.3, -0.25) is 14.4 Å². The van der Waals surface area contributed by atoms with E-state index in [1.54, 1.807) is 36.4 Å². The molecule has 1 unspecified atom stereocenters. The van der Waals surface area contributed by atoms with Crippen molar-refractivity contribution in [3.8, 4) is 0 Å². The van der Waals surface area contributed by atoms with Crippen LogP contribution in [0.1, 0.15) is 32.7 Å². The standard InChI is InChI=1S/C26H20BrFN2O5/c27-19-7-3-17(4-8-19)23(31)15-35-26(34)18-5-11-21(12-6-18)30-24(32)13-22(25(30)33)29-14-16-1-9-20(28)10-2-16/h1-12,22,29H,13-15H2. The number of carbonyl (C=O) groups excluding carboxylic acids is 4. The number of esters is 1. The second-order valence-electron chi connectivity index (χ2n) is 7.88. The summed E-state index contributed by atoms with van der Waals surface area (Å²) in [6, 6.07) is 17.7. The van der Waals surface area contributed by atoms with Crippen LogP contribution in [0.3, 0.4) is 0 Å². The van der Waals surface area contributed by atoms with Gasteiger partial charge in [-0.2, -0.15) is 0 Å². The minimum Gasteiger partial charge on any atom is -0.454 e. The lowest BCUT2D eigenvalue weighted by Gasteiger charge is -2.16. The van der Waals surface area contributed by atoms with Crippen molar-refractivity contribution in [3.63, 3.8) is 0 Å². The van der Waals surface area contributed by atoms with Crippen LogP contribution >= 0.6 is 15.9 Å². The Morgan fingerprint density at radius 1 is 0.943 bits per heavy atom. The number of anilines is 1. The molecule has 1 atom stereocenters. The Morgan fingerprint density at radius 2 is 1.57 bits per heavy atom. The summed E-state index contributed by atoms with van der Waals surface area (Å²) in [5.41, 5.74) is 1.72. The van der Waals surface area contributed by atoms with Gasteiger partial charge in [-0.05, 0) is 54.1 Å². The molecule has 1 aliphatic rings. The number of ketones is 1. The number of rotatable bonds is 8. The van der Waals surface area contributed by atoms with Gasteiger partial charge in [-0.15, -0.1) is 0 Å². The summed E-state index contributed by atoms with van der Waals surface area (Å²) in [6.45, 7) is -0.103. The van der Waals surface area contributed by atoms with Gasteiger partial charge in [0.15, 0.2) is 12.4 Å². The maximum atomic E-state index is 13.0. The van der Waals surface area contributed by atoms with E-state index in [4.69, 9.17) is 4.74 Å². The molecule has 0 radical (unpaired) electrons. The summed E-state index contributed by atoms with van der Waals surface area (Å²) in [5, 5.41) is 3.03. The number of hydrogen-bond acceptors (Lipinski definition) is 6. The lowest BCUT2D eigenvalue weighted by Crippen LogP contribution is -2.38. The first-order valence-electron chi connectivity index (χ1n) is 10.7. The molecule has 1 aliphatic heterocycles. The van der Waals surface area contributed by atoms with Crippen molar-refractivity contribution in [1.29, 1.82) is 0 Å². The van der Waals surface area contributed by atoms with Crippen molar-refractivity contribution >= 4 is 45.2 Å². The topological polar surface area (TPSA) is 92.8 Å². The third-order valence-electron chi connectivity index (χ3n) is 5.47. The van der Waals surface area contributed by atoms with Gasteiger partial charge >= 0.3 is 5.97 Å². The van der Waals surface area contributed by atoms with Crippen LogP contribution in [-0.4, -0.2) is 36.2 Å². The molecular weight excluding hydrogens is 519 g/mol. The molecule has 1 fully saturated rings. The molecule has 1 heterocycles. The summed E-state index contributed by atoms with van der Waals surface area (Å²) in [7, 11) is 0. The fourth-order valence-electron chi connectivity index (χ4n) is 3.59. The van der Waals surface area contributed by atoms with Crippen LogP contribution < -0.4 is 10.2 Å². The average molecular weight is 539 g/mol. The Labute approximate surface area is 209 Å². The number of nitrogens with zero attached hydrogens (tertiary/aromatic N) is 1. The number of hydrogen-bond donors (Lipinski definition) is 1. The van der Waals surface area contributed by atoms with Gasteiger partial charge in [0.05, 0.1) is 23.7 Å². The summed E-state index contributed by atoms with van der Waals surface area (Å²) in [6.07, 6.45) is -0.0119. The van der Waals surface area contributed by atoms with Crippen molar-refractivity contribution in [1.82, 2.24) is 5.32 Å². The van der Waals surface area contributed by atoms with E-state index in [2.05, 4.69) is 21.2 Å². The van der Waals surface area contributed by atoms with E-state index in [9.17, 15) is 23.6 Å². The Hall–Kier alpha value is -3.69. The van der Waals surface area contributed by atoms with Crippen LogP contribution in [0.5, 0.6) is 0 Å². The normalized spacial score (nSPS) is 15.4. The van der Waals surface area contributed by atoms with E-state index in [-0.39, 0.29) is 29.5 Å². The minimum atomic E-state index is -0.707. The first kappa shape index (κ1) is 24.4. The SMILES string of the molecule is O=C(COC(=O)c1ccc(N2C(=O)CC(NCc3ccc(F)cc3)C2=O)cc1)c1ccc(Br)cc1. The van der Waals surface area contributed by atoms with Gasteiger partial charge < -0.3 is 10.1 Å². The Bertz CT molecular complexity index is 1260. The minimum absolute atomic E-state index is 0.0119. The van der Waals surface area contributed by atoms with E-state index >= 15 is 0 Å². The lowest BCUT2D eigenvalue weighted by atomic mass is 10.1. The highest BCUT2D eigenvalue weighted by Crippen LogP contribution is 2.24. The van der Waals surface area contributed by atoms with Crippen LogP contribution in [0.2, 0.25) is 0 Å². The Kier molecular flexibility index (Phi) is 7.48. The van der Waals surface area contributed by atoms with E-state index in [1.807, 2.05) is 0 Å². The number of amides is 2. The van der Waals surface area contributed by atoms with Gasteiger partial charge in [0.1, 0.15) is 5.82 Å². The summed E-state index contributed by atoms with van der Waals surface area (Å²) < 4.78 is 19.0. The predicted octanol–water partition coefficient (Wildman–Crippen LogP) is 4.05. The smallest absolute Gasteiger partial charge is 0.338 e. The molecule has 7 nitrogen and oxygen atoms in total. The maximum absolute atomic E-state index is 13.0. The predicted molar refractivity (Wildman–Crippen MR) is 129 cm³/mol. The zero-order valence-electron chi connectivity index (χ0n) is 18.4. The number of nitrogens with one attached hydrogen (secondary N) is 1. The van der Waals surface area contributed by atoms with Gasteiger partial charge in [0.25, 0.3) is 5.91 Å². The van der Waals surface area contributed by atoms with Gasteiger partial charge in [-0.25, -0.2) is 14.1 Å². The van der Waals surface area contributed by atoms with Crippen LogP contribution in [0.25, 0.3) is 0 Å². The molecule has 1 N–H and O–H groups in total. The molecule has 2 amide bonds. The van der Waals surface area contributed by atoms with Gasteiger partial charge in [0, 0.05) is 16.6 Å². The van der Waals surface area contributed by atoms with Crippen molar-refractivity contribution < 1.29 is 28.3 Å². The molecule has 0 aliphatic carbocycles. The van der Waals surface area contributed by atoms with Crippen LogP contribution in [0.4, 0.5) is 10.1 Å². The summed E-state index contributed by atoms with van der Waals surface area (Å²) in [5.74, 6) is -2.17. The highest BCUT2D eigenvalue weighted by Gasteiger charge is 2.39. The highest BCUT2D eigenvalue weighted by molar-refractivity contribution is 9.10. The van der Waals surface area contributed by atoms with Crippen LogP contribution in [0, 0.1) is 5.82 Å². The molecule has 35 heavy (non-hydrogen) atoms. The molecule has 0 bridgehead atoms. The molecule has 3 aromatic rings. The first-order chi connectivity index (χ1) is 16.8. The molecule has 4 rings (SSSR count). The summed E-state index contributed by atoms with van der Waals surface area (Å²) >= 11 is 3.29. The van der Waals surface area contributed by atoms with Crippen molar-refractivity contribution in [2.24, 2.45) is 0 Å². The molecule has 178 valence electrons. The second-order valence-corrected chi connectivity index (χ2v) is 8.80. The molecule has 3 aromatic carbocycles. The molecule has 0 saturated carbocycles. The maximum Gasteiger partial charge on any atom is 0.338 e. The van der Waals surface area contributed by atoms with Crippen molar-refractivity contribution in [2.75, 3.05) is 11.5 Å². The second kappa shape index (κ2) is 10.7. The average Bonchev–Trinajstić information content (AvgIpc) is 3.15. The Morgan fingerprint density at radius 3 is 2.23 bits per heavy atom. The van der Waals surface area contributed by atoms with E-state index in [0.717, 1.165) is 14.9 Å². The van der Waals surface area contributed by atoms with Crippen molar-refractivity contribution in [3.05, 3.63) is 99.8 Å². The number of carbonyl (C=O) groups is 4.